The molecule has 0 saturated carbocycles. The van der Waals surface area contributed by atoms with E-state index in [0.717, 1.165) is 12.3 Å². The number of carbonyl (C=O) groups is 1. The van der Waals surface area contributed by atoms with Crippen LogP contribution in [0.4, 0.5) is 18.9 Å². The Morgan fingerprint density at radius 1 is 1.00 bits per heavy atom. The lowest BCUT2D eigenvalue weighted by Crippen LogP contribution is -2.15. The molecule has 0 bridgehead atoms. The van der Waals surface area contributed by atoms with Gasteiger partial charge in [-0.2, -0.15) is 13.2 Å². The highest BCUT2D eigenvalue weighted by Gasteiger charge is 2.34. The van der Waals surface area contributed by atoms with Crippen LogP contribution in [-0.2, 0) is 16.0 Å². The maximum absolute atomic E-state index is 13.2. The first kappa shape index (κ1) is 22.4. The molecular weight excluding hydrogens is 431 g/mol. The highest BCUT2D eigenvalue weighted by Crippen LogP contribution is 2.35. The van der Waals surface area contributed by atoms with Gasteiger partial charge in [-0.15, -0.1) is 0 Å². The number of nitrogens with zero attached hydrogens (tertiary/aromatic N) is 2. The standard InChI is InChI=1S/C21H18F3N3O3S/c1-13(2)31(29,30)16-8-6-15(7-9-16)27-20(28)18-10-5-14(12-26-18)19-17(21(22,23)24)4-3-11-25-19/h3-13H,1-2H3,(H,27,28). The number of sulfone groups is 1. The van der Waals surface area contributed by atoms with E-state index in [1.54, 1.807) is 13.8 Å². The molecule has 0 fully saturated rings. The molecule has 0 atom stereocenters. The SMILES string of the molecule is CC(C)S(=O)(=O)c1ccc(NC(=O)c2ccc(-c3ncccc3C(F)(F)F)cn2)cc1. The Morgan fingerprint density at radius 3 is 2.23 bits per heavy atom. The lowest BCUT2D eigenvalue weighted by molar-refractivity contribution is -0.137. The van der Waals surface area contributed by atoms with E-state index in [9.17, 15) is 26.4 Å². The number of carbonyl (C=O) groups excluding carboxylic acids is 1. The van der Waals surface area contributed by atoms with Crippen LogP contribution in [0.25, 0.3) is 11.3 Å². The van der Waals surface area contributed by atoms with Gasteiger partial charge in [-0.1, -0.05) is 0 Å². The average Bonchev–Trinajstić information content (AvgIpc) is 2.73. The zero-order valence-electron chi connectivity index (χ0n) is 16.5. The molecule has 1 N–H and O–H groups in total. The minimum absolute atomic E-state index is 0.0212. The summed E-state index contributed by atoms with van der Waals surface area (Å²) in [5.41, 5.74) is -0.732. The largest absolute Gasteiger partial charge is 0.418 e. The average molecular weight is 449 g/mol. The van der Waals surface area contributed by atoms with Crippen LogP contribution >= 0.6 is 0 Å². The van der Waals surface area contributed by atoms with Crippen molar-refractivity contribution in [2.24, 2.45) is 0 Å². The fraction of sp³-hybridized carbons (Fsp3) is 0.190. The number of pyridine rings is 2. The summed E-state index contributed by atoms with van der Waals surface area (Å²) in [5, 5.41) is 1.99. The number of halogens is 3. The number of hydrogen-bond acceptors (Lipinski definition) is 5. The zero-order chi connectivity index (χ0) is 22.8. The van der Waals surface area contributed by atoms with Gasteiger partial charge in [0.05, 0.1) is 21.4 Å². The summed E-state index contributed by atoms with van der Waals surface area (Å²) < 4.78 is 63.8. The second-order valence-electron chi connectivity index (χ2n) is 6.90. The van der Waals surface area contributed by atoms with E-state index >= 15 is 0 Å². The third kappa shape index (κ3) is 4.91. The van der Waals surface area contributed by atoms with Crippen LogP contribution in [0.5, 0.6) is 0 Å². The van der Waals surface area contributed by atoms with Gasteiger partial charge < -0.3 is 5.32 Å². The molecule has 31 heavy (non-hydrogen) atoms. The normalized spacial score (nSPS) is 12.1. The van der Waals surface area contributed by atoms with Gasteiger partial charge in [-0.3, -0.25) is 14.8 Å². The molecule has 0 aliphatic rings. The molecule has 0 radical (unpaired) electrons. The predicted octanol–water partition coefficient (Wildman–Crippen LogP) is 4.60. The number of amides is 1. The van der Waals surface area contributed by atoms with Crippen molar-refractivity contribution in [3.05, 3.63) is 72.2 Å². The quantitative estimate of drug-likeness (QED) is 0.615. The summed E-state index contributed by atoms with van der Waals surface area (Å²) in [6, 6.07) is 10.4. The number of aromatic nitrogens is 2. The number of nitrogens with one attached hydrogen (secondary N) is 1. The van der Waals surface area contributed by atoms with Gasteiger partial charge in [0.1, 0.15) is 5.69 Å². The summed E-state index contributed by atoms with van der Waals surface area (Å²) in [5.74, 6) is -0.594. The van der Waals surface area contributed by atoms with E-state index in [0.29, 0.717) is 5.69 Å². The number of alkyl halides is 3. The minimum Gasteiger partial charge on any atom is -0.321 e. The van der Waals surface area contributed by atoms with Crippen LogP contribution in [0.15, 0.2) is 65.8 Å². The number of anilines is 1. The van der Waals surface area contributed by atoms with E-state index in [4.69, 9.17) is 0 Å². The van der Waals surface area contributed by atoms with E-state index in [2.05, 4.69) is 15.3 Å². The fourth-order valence-corrected chi connectivity index (χ4v) is 3.79. The van der Waals surface area contributed by atoms with Crippen molar-refractivity contribution in [2.45, 2.75) is 30.2 Å². The van der Waals surface area contributed by atoms with E-state index in [1.165, 1.54) is 48.7 Å². The number of rotatable bonds is 5. The van der Waals surface area contributed by atoms with Crippen LogP contribution < -0.4 is 5.32 Å². The van der Waals surface area contributed by atoms with E-state index < -0.39 is 32.7 Å². The molecule has 0 aliphatic carbocycles. The Hall–Kier alpha value is -3.27. The first-order valence-electron chi connectivity index (χ1n) is 9.14. The van der Waals surface area contributed by atoms with Gasteiger partial charge in [-0.05, 0) is 62.4 Å². The van der Waals surface area contributed by atoms with Gasteiger partial charge in [0.2, 0.25) is 0 Å². The van der Waals surface area contributed by atoms with Gasteiger partial charge in [0.25, 0.3) is 5.91 Å². The van der Waals surface area contributed by atoms with Gasteiger partial charge >= 0.3 is 6.18 Å². The number of hydrogen-bond donors (Lipinski definition) is 1. The molecule has 162 valence electrons. The molecular formula is C21H18F3N3O3S. The minimum atomic E-state index is -4.57. The third-order valence-electron chi connectivity index (χ3n) is 4.44. The Morgan fingerprint density at radius 2 is 1.68 bits per heavy atom. The monoisotopic (exact) mass is 449 g/mol. The summed E-state index contributed by atoms with van der Waals surface area (Å²) in [4.78, 5) is 20.3. The molecule has 2 heterocycles. The zero-order valence-corrected chi connectivity index (χ0v) is 17.3. The van der Waals surface area contributed by atoms with Crippen molar-refractivity contribution < 1.29 is 26.4 Å². The van der Waals surface area contributed by atoms with Crippen molar-refractivity contribution in [1.82, 2.24) is 9.97 Å². The molecule has 3 rings (SSSR count). The van der Waals surface area contributed by atoms with Gasteiger partial charge in [0, 0.05) is 23.6 Å². The van der Waals surface area contributed by atoms with E-state index in [-0.39, 0.29) is 21.8 Å². The van der Waals surface area contributed by atoms with Crippen LogP contribution in [0.3, 0.4) is 0 Å². The van der Waals surface area contributed by atoms with Crippen molar-refractivity contribution in [1.29, 1.82) is 0 Å². The first-order valence-corrected chi connectivity index (χ1v) is 10.7. The molecule has 3 aromatic rings. The van der Waals surface area contributed by atoms with Crippen LogP contribution in [0.2, 0.25) is 0 Å². The smallest absolute Gasteiger partial charge is 0.321 e. The second-order valence-corrected chi connectivity index (χ2v) is 9.41. The van der Waals surface area contributed by atoms with Crippen LogP contribution in [0.1, 0.15) is 29.9 Å². The van der Waals surface area contributed by atoms with E-state index in [1.807, 2.05) is 0 Å². The second kappa shape index (κ2) is 8.46. The molecule has 0 unspecified atom stereocenters. The highest BCUT2D eigenvalue weighted by atomic mass is 32.2. The fourth-order valence-electron chi connectivity index (χ4n) is 2.73. The summed E-state index contributed by atoms with van der Waals surface area (Å²) in [6.45, 7) is 3.14. The van der Waals surface area contributed by atoms with Crippen molar-refractivity contribution in [2.75, 3.05) is 5.32 Å². The first-order chi connectivity index (χ1) is 14.5. The number of benzene rings is 1. The van der Waals surface area contributed by atoms with Crippen LogP contribution in [0, 0.1) is 0 Å². The lowest BCUT2D eigenvalue weighted by atomic mass is 10.1. The molecule has 0 spiro atoms. The van der Waals surface area contributed by atoms with Gasteiger partial charge in [-0.25, -0.2) is 8.42 Å². The Bertz CT molecular complexity index is 1190. The van der Waals surface area contributed by atoms with Crippen molar-refractivity contribution in [3.63, 3.8) is 0 Å². The molecule has 1 amide bonds. The highest BCUT2D eigenvalue weighted by molar-refractivity contribution is 7.92. The molecule has 10 heteroatoms. The third-order valence-corrected chi connectivity index (χ3v) is 6.61. The van der Waals surface area contributed by atoms with Crippen molar-refractivity contribution >= 4 is 21.4 Å². The topological polar surface area (TPSA) is 89.0 Å². The van der Waals surface area contributed by atoms with Crippen LogP contribution in [-0.4, -0.2) is 29.5 Å². The summed E-state index contributed by atoms with van der Waals surface area (Å²) >= 11 is 0. The Kier molecular flexibility index (Phi) is 6.12. The maximum Gasteiger partial charge on any atom is 0.418 e. The molecule has 6 nitrogen and oxygen atoms in total. The van der Waals surface area contributed by atoms with Gasteiger partial charge in [0.15, 0.2) is 9.84 Å². The molecule has 0 aliphatic heterocycles. The lowest BCUT2D eigenvalue weighted by Gasteiger charge is -2.12. The Labute approximate surface area is 177 Å². The maximum atomic E-state index is 13.2. The summed E-state index contributed by atoms with van der Waals surface area (Å²) in [6.07, 6.45) is -2.19. The predicted molar refractivity (Wildman–Crippen MR) is 109 cm³/mol. The molecule has 0 saturated heterocycles. The Balaban J connectivity index is 1.78. The molecule has 1 aromatic carbocycles. The van der Waals surface area contributed by atoms with Crippen molar-refractivity contribution in [3.8, 4) is 11.3 Å². The molecule has 2 aromatic heterocycles. The summed E-state index contributed by atoms with van der Waals surface area (Å²) in [7, 11) is -3.43.